The van der Waals surface area contributed by atoms with Crippen molar-refractivity contribution in [2.24, 2.45) is 22.2 Å². The molecule has 1 aromatic carbocycles. The molecule has 0 spiro atoms. The fraction of sp³-hybridized carbons (Fsp3) is 0.577. The van der Waals surface area contributed by atoms with E-state index in [1.807, 2.05) is 0 Å². The van der Waals surface area contributed by atoms with Crippen LogP contribution in [0.4, 0.5) is 5.69 Å². The van der Waals surface area contributed by atoms with Crippen LogP contribution in [0.3, 0.4) is 0 Å². The summed E-state index contributed by atoms with van der Waals surface area (Å²) in [7, 11) is 0. The second kappa shape index (κ2) is 13.6. The molecule has 3 heterocycles. The first-order chi connectivity index (χ1) is 17.6. The molecule has 0 aromatic heterocycles. The third-order valence-corrected chi connectivity index (χ3v) is 7.15. The predicted octanol–water partition coefficient (Wildman–Crippen LogP) is -0.0420. The molecule has 0 saturated carbocycles. The Labute approximate surface area is 215 Å². The topological polar surface area (TPSA) is 142 Å². The lowest BCUT2D eigenvalue weighted by atomic mass is 9.99. The smallest absolute Gasteiger partial charge is 0.193 e. The fourth-order valence-electron chi connectivity index (χ4n) is 4.82. The number of rotatable bonds is 11. The number of benzene rings is 1. The van der Waals surface area contributed by atoms with Gasteiger partial charge in [-0.3, -0.25) is 4.90 Å². The Morgan fingerprint density at radius 1 is 1.11 bits per heavy atom. The van der Waals surface area contributed by atoms with Gasteiger partial charge in [-0.05, 0) is 42.5 Å². The number of morpholine rings is 1. The molecule has 3 aliphatic rings. The van der Waals surface area contributed by atoms with Crippen LogP contribution < -0.4 is 33.2 Å². The molecule has 3 aliphatic heterocycles. The van der Waals surface area contributed by atoms with Gasteiger partial charge in [0.15, 0.2) is 5.96 Å². The minimum Gasteiger partial charge on any atom is -0.398 e. The fourth-order valence-corrected chi connectivity index (χ4v) is 4.82. The van der Waals surface area contributed by atoms with Crippen molar-refractivity contribution in [1.82, 2.24) is 20.4 Å². The highest BCUT2D eigenvalue weighted by molar-refractivity contribution is 5.80. The Morgan fingerprint density at radius 2 is 1.86 bits per heavy atom. The van der Waals surface area contributed by atoms with E-state index in [2.05, 4.69) is 55.0 Å². The van der Waals surface area contributed by atoms with Crippen molar-refractivity contribution in [3.05, 3.63) is 52.9 Å². The number of nitrogens with two attached hydrogens (primary N) is 3. The first-order valence-corrected chi connectivity index (χ1v) is 13.2. The largest absolute Gasteiger partial charge is 0.398 e. The van der Waals surface area contributed by atoms with E-state index in [9.17, 15) is 0 Å². The monoisotopic (exact) mass is 497 g/mol. The Kier molecular flexibility index (Phi) is 10.00. The first-order valence-electron chi connectivity index (χ1n) is 13.2. The third kappa shape index (κ3) is 7.94. The predicted molar refractivity (Wildman–Crippen MR) is 146 cm³/mol. The molecule has 0 bridgehead atoms. The molecular formula is C26H43N9O. The van der Waals surface area contributed by atoms with Gasteiger partial charge in [0.1, 0.15) is 0 Å². The van der Waals surface area contributed by atoms with Crippen LogP contribution in [0.2, 0.25) is 0 Å². The molecule has 0 radical (unpaired) electrons. The zero-order valence-corrected chi connectivity index (χ0v) is 21.3. The van der Waals surface area contributed by atoms with E-state index in [1.54, 1.807) is 6.20 Å². The van der Waals surface area contributed by atoms with Gasteiger partial charge in [-0.15, -0.1) is 0 Å². The van der Waals surface area contributed by atoms with E-state index in [0.717, 1.165) is 101 Å². The Morgan fingerprint density at radius 3 is 2.56 bits per heavy atom. The van der Waals surface area contributed by atoms with Gasteiger partial charge in [0.2, 0.25) is 0 Å². The van der Waals surface area contributed by atoms with Crippen molar-refractivity contribution >= 4 is 11.6 Å². The number of nitrogens with zero attached hydrogens (tertiary/aromatic N) is 3. The zero-order chi connectivity index (χ0) is 25.2. The summed E-state index contributed by atoms with van der Waals surface area (Å²) in [6.07, 6.45) is 4.25. The molecule has 198 valence electrons. The number of anilines is 1. The van der Waals surface area contributed by atoms with Gasteiger partial charge in [-0.2, -0.15) is 0 Å². The summed E-state index contributed by atoms with van der Waals surface area (Å²) < 4.78 is 5.48. The highest BCUT2D eigenvalue weighted by atomic mass is 16.5. The van der Waals surface area contributed by atoms with Crippen LogP contribution >= 0.6 is 0 Å². The van der Waals surface area contributed by atoms with E-state index in [0.29, 0.717) is 18.9 Å². The number of nitrogens with one attached hydrogen (secondary N) is 3. The Balaban J connectivity index is 1.33. The van der Waals surface area contributed by atoms with Crippen LogP contribution in [0, 0.1) is 0 Å². The molecule has 2 fully saturated rings. The maximum Gasteiger partial charge on any atom is 0.193 e. The van der Waals surface area contributed by atoms with Crippen molar-refractivity contribution in [3.8, 4) is 0 Å². The molecule has 10 heteroatoms. The average molecular weight is 498 g/mol. The third-order valence-electron chi connectivity index (χ3n) is 7.15. The van der Waals surface area contributed by atoms with Gasteiger partial charge in [0.05, 0.1) is 19.4 Å². The Hall–Kier alpha value is -2.63. The molecule has 9 N–H and O–H groups in total. The quantitative estimate of drug-likeness (QED) is 0.248. The van der Waals surface area contributed by atoms with E-state index < -0.39 is 0 Å². The van der Waals surface area contributed by atoms with E-state index in [1.165, 1.54) is 5.56 Å². The summed E-state index contributed by atoms with van der Waals surface area (Å²) in [5, 5.41) is 10.0. The summed E-state index contributed by atoms with van der Waals surface area (Å²) in [5.41, 5.74) is 24.3. The molecule has 1 atom stereocenters. The van der Waals surface area contributed by atoms with Gasteiger partial charge in [0.25, 0.3) is 0 Å². The van der Waals surface area contributed by atoms with Crippen LogP contribution in [0.5, 0.6) is 0 Å². The summed E-state index contributed by atoms with van der Waals surface area (Å²) in [6.45, 7) is 10.1. The average Bonchev–Trinajstić information content (AvgIpc) is 2.93. The lowest BCUT2D eigenvalue weighted by Gasteiger charge is -2.33. The molecule has 0 amide bonds. The van der Waals surface area contributed by atoms with Gasteiger partial charge < -0.3 is 42.8 Å². The van der Waals surface area contributed by atoms with Gasteiger partial charge in [-0.1, -0.05) is 12.1 Å². The van der Waals surface area contributed by atoms with E-state index in [-0.39, 0.29) is 6.17 Å². The molecule has 2 saturated heterocycles. The molecule has 10 nitrogen and oxygen atoms in total. The standard InChI is InChI=1S/C26H43N9O/c27-24(35-13-15-36-16-14-35)17-21(25(28)22-18-32-26(29)33-19-22)5-7-31-23-3-1-20(2-4-23)6-10-34-11-8-30-9-12-34/h1-4,18,24,30-31H,5-17,19,27-28H2,(H3,29,32,33)/b25-21-/t24-/m0/s1. The summed E-state index contributed by atoms with van der Waals surface area (Å²) in [5.74, 6) is 0.413. The second-order valence-electron chi connectivity index (χ2n) is 9.67. The Bertz CT molecular complexity index is 916. The van der Waals surface area contributed by atoms with Crippen molar-refractivity contribution < 1.29 is 4.74 Å². The minimum absolute atomic E-state index is 0.0943. The normalized spacial score (nSPS) is 21.1. The van der Waals surface area contributed by atoms with Gasteiger partial charge in [-0.25, -0.2) is 4.99 Å². The zero-order valence-electron chi connectivity index (χ0n) is 21.3. The summed E-state index contributed by atoms with van der Waals surface area (Å²) in [6, 6.07) is 8.80. The van der Waals surface area contributed by atoms with Crippen LogP contribution in [-0.2, 0) is 11.2 Å². The second-order valence-corrected chi connectivity index (χ2v) is 9.67. The van der Waals surface area contributed by atoms with E-state index >= 15 is 0 Å². The first kappa shape index (κ1) is 26.4. The summed E-state index contributed by atoms with van der Waals surface area (Å²) in [4.78, 5) is 8.99. The van der Waals surface area contributed by atoms with Crippen molar-refractivity contribution in [2.75, 3.05) is 77.4 Å². The van der Waals surface area contributed by atoms with Crippen molar-refractivity contribution in [3.63, 3.8) is 0 Å². The van der Waals surface area contributed by atoms with Crippen LogP contribution in [0.1, 0.15) is 18.4 Å². The van der Waals surface area contributed by atoms with E-state index in [4.69, 9.17) is 21.9 Å². The van der Waals surface area contributed by atoms with Gasteiger partial charge >= 0.3 is 0 Å². The van der Waals surface area contributed by atoms with Crippen LogP contribution in [0.15, 0.2) is 52.3 Å². The number of guanidine groups is 1. The van der Waals surface area contributed by atoms with Gasteiger partial charge in [0, 0.05) is 82.1 Å². The summed E-state index contributed by atoms with van der Waals surface area (Å²) >= 11 is 0. The molecular weight excluding hydrogens is 454 g/mol. The number of aliphatic imine (C=N–C) groups is 1. The highest BCUT2D eigenvalue weighted by Crippen LogP contribution is 2.21. The lowest BCUT2D eigenvalue weighted by Crippen LogP contribution is -2.48. The van der Waals surface area contributed by atoms with Crippen LogP contribution in [-0.4, -0.2) is 94.0 Å². The van der Waals surface area contributed by atoms with Crippen molar-refractivity contribution in [1.29, 1.82) is 0 Å². The number of ether oxygens (including phenoxy) is 1. The maximum absolute atomic E-state index is 6.64. The maximum atomic E-state index is 6.64. The highest BCUT2D eigenvalue weighted by Gasteiger charge is 2.21. The minimum atomic E-state index is -0.0943. The SMILES string of the molecule is NC1=NC=C(/C(N)=C(\CCNc2ccc(CCN3CCNCC3)cc2)C[C@@H](N)N2CCOCC2)CN1. The molecule has 1 aromatic rings. The number of piperazine rings is 1. The molecule has 0 unspecified atom stereocenters. The van der Waals surface area contributed by atoms with Crippen LogP contribution in [0.25, 0.3) is 0 Å². The molecule has 36 heavy (non-hydrogen) atoms. The molecule has 0 aliphatic carbocycles. The number of hydrogen-bond donors (Lipinski definition) is 6. The lowest BCUT2D eigenvalue weighted by molar-refractivity contribution is 0.0177. The molecule has 4 rings (SSSR count). The number of hydrogen-bond acceptors (Lipinski definition) is 10. The van der Waals surface area contributed by atoms with Crippen molar-refractivity contribution in [2.45, 2.75) is 25.4 Å².